The van der Waals surface area contributed by atoms with E-state index in [1.54, 1.807) is 18.2 Å². The molecule has 0 saturated carbocycles. The predicted molar refractivity (Wildman–Crippen MR) is 71.6 cm³/mol. The summed E-state index contributed by atoms with van der Waals surface area (Å²) in [7, 11) is 0. The van der Waals surface area contributed by atoms with Crippen molar-refractivity contribution in [1.82, 2.24) is 0 Å². The van der Waals surface area contributed by atoms with Gasteiger partial charge in [0.2, 0.25) is 0 Å². The number of hydrogen-bond acceptors (Lipinski definition) is 3. The van der Waals surface area contributed by atoms with Gasteiger partial charge in [-0.25, -0.2) is 0 Å². The molecule has 0 aliphatic carbocycles. The van der Waals surface area contributed by atoms with Crippen molar-refractivity contribution >= 4 is 17.8 Å². The van der Waals surface area contributed by atoms with Crippen molar-refractivity contribution in [2.75, 3.05) is 0 Å². The van der Waals surface area contributed by atoms with Crippen molar-refractivity contribution in [3.63, 3.8) is 0 Å². The van der Waals surface area contributed by atoms with Crippen LogP contribution in [0.1, 0.15) is 11.1 Å². The van der Waals surface area contributed by atoms with Gasteiger partial charge >= 0.3 is 0 Å². The van der Waals surface area contributed by atoms with Gasteiger partial charge in [0, 0.05) is 5.56 Å². The summed E-state index contributed by atoms with van der Waals surface area (Å²) in [5.74, 6) is 0.680. The molecule has 0 radical (unpaired) electrons. The molecule has 0 unspecified atom stereocenters. The first kappa shape index (κ1) is 12.5. The molecule has 2 aromatic rings. The van der Waals surface area contributed by atoms with Crippen molar-refractivity contribution in [2.24, 2.45) is 5.16 Å². The second-order valence-corrected chi connectivity index (χ2v) is 4.11. The van der Waals surface area contributed by atoms with Gasteiger partial charge in [0.1, 0.15) is 12.4 Å². The largest absolute Gasteiger partial charge is 0.489 e. The van der Waals surface area contributed by atoms with Crippen LogP contribution in [-0.4, -0.2) is 11.4 Å². The number of hydrogen-bond donors (Lipinski definition) is 1. The lowest BCUT2D eigenvalue weighted by Gasteiger charge is -2.07. The summed E-state index contributed by atoms with van der Waals surface area (Å²) in [6.45, 7) is 0.491. The monoisotopic (exact) mass is 261 g/mol. The number of nitrogens with zero attached hydrogens (tertiary/aromatic N) is 1. The van der Waals surface area contributed by atoms with Crippen LogP contribution in [0.3, 0.4) is 0 Å². The third-order valence-corrected chi connectivity index (χ3v) is 2.74. The molecule has 0 aromatic heterocycles. The average molecular weight is 262 g/mol. The summed E-state index contributed by atoms with van der Waals surface area (Å²) in [6.07, 6.45) is 1.28. The zero-order chi connectivity index (χ0) is 12.8. The molecular weight excluding hydrogens is 250 g/mol. The quantitative estimate of drug-likeness (QED) is 0.518. The summed E-state index contributed by atoms with van der Waals surface area (Å²) >= 11 is 6.01. The molecule has 0 saturated heterocycles. The third kappa shape index (κ3) is 3.25. The predicted octanol–water partition coefficient (Wildman–Crippen LogP) is 3.73. The van der Waals surface area contributed by atoms with Gasteiger partial charge < -0.3 is 9.94 Å². The second-order valence-electron chi connectivity index (χ2n) is 3.70. The summed E-state index contributed by atoms with van der Waals surface area (Å²) in [4.78, 5) is 0. The SMILES string of the molecule is ON=Cc1ccc(OCc2ccccc2)cc1Cl. The highest BCUT2D eigenvalue weighted by atomic mass is 35.5. The summed E-state index contributed by atoms with van der Waals surface area (Å²) < 4.78 is 5.61. The molecule has 2 rings (SSSR count). The van der Waals surface area contributed by atoms with Crippen molar-refractivity contribution in [1.29, 1.82) is 0 Å². The summed E-state index contributed by atoms with van der Waals surface area (Å²) in [5.41, 5.74) is 1.74. The van der Waals surface area contributed by atoms with Crippen molar-refractivity contribution in [2.45, 2.75) is 6.61 Å². The van der Waals surface area contributed by atoms with E-state index in [9.17, 15) is 0 Å². The first-order chi connectivity index (χ1) is 8.79. The fraction of sp³-hybridized carbons (Fsp3) is 0.0714. The highest BCUT2D eigenvalue weighted by molar-refractivity contribution is 6.33. The lowest BCUT2D eigenvalue weighted by Crippen LogP contribution is -1.95. The lowest BCUT2D eigenvalue weighted by atomic mass is 10.2. The van der Waals surface area contributed by atoms with Gasteiger partial charge in [0.05, 0.1) is 11.2 Å². The highest BCUT2D eigenvalue weighted by Crippen LogP contribution is 2.22. The molecule has 0 spiro atoms. The normalized spacial score (nSPS) is 10.7. The van der Waals surface area contributed by atoms with E-state index in [0.717, 1.165) is 5.56 Å². The molecule has 4 heteroatoms. The van der Waals surface area contributed by atoms with Gasteiger partial charge in [-0.05, 0) is 23.8 Å². The fourth-order valence-corrected chi connectivity index (χ4v) is 1.72. The van der Waals surface area contributed by atoms with E-state index in [-0.39, 0.29) is 0 Å². The van der Waals surface area contributed by atoms with Crippen LogP contribution in [-0.2, 0) is 6.61 Å². The molecule has 3 nitrogen and oxygen atoms in total. The Morgan fingerprint density at radius 2 is 1.94 bits per heavy atom. The number of halogens is 1. The molecule has 92 valence electrons. The maximum absolute atomic E-state index is 8.45. The highest BCUT2D eigenvalue weighted by Gasteiger charge is 2.01. The van der Waals surface area contributed by atoms with E-state index in [1.165, 1.54) is 6.21 Å². The third-order valence-electron chi connectivity index (χ3n) is 2.42. The molecule has 0 aliphatic heterocycles. The fourth-order valence-electron chi connectivity index (χ4n) is 1.51. The lowest BCUT2D eigenvalue weighted by molar-refractivity contribution is 0.306. The molecule has 0 heterocycles. The molecular formula is C14H12ClNO2. The van der Waals surface area contributed by atoms with E-state index in [1.807, 2.05) is 30.3 Å². The minimum atomic E-state index is 0.485. The van der Waals surface area contributed by atoms with E-state index in [0.29, 0.717) is 22.9 Å². The van der Waals surface area contributed by atoms with Crippen LogP contribution in [0.2, 0.25) is 5.02 Å². The number of oxime groups is 1. The first-order valence-electron chi connectivity index (χ1n) is 5.43. The topological polar surface area (TPSA) is 41.8 Å². The van der Waals surface area contributed by atoms with E-state index in [4.69, 9.17) is 21.5 Å². The van der Waals surface area contributed by atoms with Crippen molar-refractivity contribution < 1.29 is 9.94 Å². The van der Waals surface area contributed by atoms with Crippen LogP contribution >= 0.6 is 11.6 Å². The molecule has 0 aliphatic rings. The van der Waals surface area contributed by atoms with Crippen LogP contribution in [0.5, 0.6) is 5.75 Å². The Bertz CT molecular complexity index is 541. The Balaban J connectivity index is 2.04. The molecule has 1 N–H and O–H groups in total. The van der Waals surface area contributed by atoms with E-state index < -0.39 is 0 Å². The minimum absolute atomic E-state index is 0.485. The molecule has 0 amide bonds. The Kier molecular flexibility index (Phi) is 4.20. The van der Waals surface area contributed by atoms with Crippen molar-refractivity contribution in [3.8, 4) is 5.75 Å². The van der Waals surface area contributed by atoms with Gasteiger partial charge in [-0.3, -0.25) is 0 Å². The van der Waals surface area contributed by atoms with Gasteiger partial charge in [0.15, 0.2) is 0 Å². The molecule has 0 atom stereocenters. The molecule has 0 fully saturated rings. The van der Waals surface area contributed by atoms with Crippen molar-refractivity contribution in [3.05, 3.63) is 64.7 Å². The average Bonchev–Trinajstić information content (AvgIpc) is 2.41. The molecule has 2 aromatic carbocycles. The minimum Gasteiger partial charge on any atom is -0.489 e. The molecule has 0 bridgehead atoms. The van der Waals surface area contributed by atoms with Crippen LogP contribution < -0.4 is 4.74 Å². The standard InChI is InChI=1S/C14H12ClNO2/c15-14-8-13(7-6-12(14)9-16-17)18-10-11-4-2-1-3-5-11/h1-9,17H,10H2. The maximum Gasteiger partial charge on any atom is 0.121 e. The Hall–Kier alpha value is -2.00. The van der Waals surface area contributed by atoms with E-state index in [2.05, 4.69) is 5.16 Å². The van der Waals surface area contributed by atoms with E-state index >= 15 is 0 Å². The van der Waals surface area contributed by atoms with Gasteiger partial charge in [-0.15, -0.1) is 0 Å². The maximum atomic E-state index is 8.45. The zero-order valence-electron chi connectivity index (χ0n) is 9.58. The second kappa shape index (κ2) is 6.07. The van der Waals surface area contributed by atoms with Crippen LogP contribution in [0.4, 0.5) is 0 Å². The Labute approximate surface area is 110 Å². The zero-order valence-corrected chi connectivity index (χ0v) is 10.3. The number of benzene rings is 2. The Morgan fingerprint density at radius 1 is 1.17 bits per heavy atom. The number of ether oxygens (including phenoxy) is 1. The van der Waals surface area contributed by atoms with Gasteiger partial charge in [-0.2, -0.15) is 0 Å². The summed E-state index contributed by atoms with van der Waals surface area (Å²) in [5, 5.41) is 11.9. The first-order valence-corrected chi connectivity index (χ1v) is 5.81. The Morgan fingerprint density at radius 3 is 2.61 bits per heavy atom. The van der Waals surface area contributed by atoms with Crippen LogP contribution in [0, 0.1) is 0 Å². The number of rotatable bonds is 4. The van der Waals surface area contributed by atoms with Gasteiger partial charge in [0.25, 0.3) is 0 Å². The van der Waals surface area contributed by atoms with Crippen LogP contribution in [0.25, 0.3) is 0 Å². The van der Waals surface area contributed by atoms with Gasteiger partial charge in [-0.1, -0.05) is 47.1 Å². The smallest absolute Gasteiger partial charge is 0.121 e. The summed E-state index contributed by atoms with van der Waals surface area (Å²) in [6, 6.07) is 15.1. The van der Waals surface area contributed by atoms with Crippen LogP contribution in [0.15, 0.2) is 53.7 Å². The molecule has 18 heavy (non-hydrogen) atoms.